The zero-order chi connectivity index (χ0) is 19.5. The van der Waals surface area contributed by atoms with Crippen molar-refractivity contribution >= 4 is 28.8 Å². The molecular weight excluding hydrogens is 352 g/mol. The van der Waals surface area contributed by atoms with Crippen LogP contribution in [0.25, 0.3) is 16.8 Å². The highest BCUT2D eigenvalue weighted by Gasteiger charge is 2.33. The minimum Gasteiger partial charge on any atom is -0.493 e. The molecule has 0 aliphatic carbocycles. The molecule has 1 fully saturated rings. The lowest BCUT2D eigenvalue weighted by Crippen LogP contribution is -2.30. The standard InChI is InChI=1S/C23H20N2O3/c1-2-28-21-13-12-17(18-10-6-7-11-19(18)21)14-20-22(26)25(23(27)24-20)15-16-8-4-3-5-9-16/h3-14H,2,15H2,1H3,(H,24,27)/b20-14+. The Bertz CT molecular complexity index is 1070. The molecule has 3 aromatic carbocycles. The number of carbonyl (C=O) groups excluding carboxylic acids is 2. The van der Waals surface area contributed by atoms with Crippen molar-refractivity contribution in [2.75, 3.05) is 6.61 Å². The van der Waals surface area contributed by atoms with Gasteiger partial charge in [0.15, 0.2) is 0 Å². The average Bonchev–Trinajstić information content (AvgIpc) is 2.98. The Kier molecular flexibility index (Phi) is 4.81. The molecule has 0 spiro atoms. The third kappa shape index (κ3) is 3.34. The second-order valence-corrected chi connectivity index (χ2v) is 6.50. The first-order valence-electron chi connectivity index (χ1n) is 9.20. The maximum atomic E-state index is 12.8. The molecule has 0 radical (unpaired) electrons. The van der Waals surface area contributed by atoms with Crippen molar-refractivity contribution in [1.29, 1.82) is 0 Å². The van der Waals surface area contributed by atoms with Crippen molar-refractivity contribution in [1.82, 2.24) is 10.2 Å². The number of fused-ring (bicyclic) bond motifs is 1. The van der Waals surface area contributed by atoms with E-state index >= 15 is 0 Å². The minimum atomic E-state index is -0.407. The Labute approximate surface area is 163 Å². The van der Waals surface area contributed by atoms with E-state index in [1.54, 1.807) is 6.08 Å². The third-order valence-electron chi connectivity index (χ3n) is 4.66. The van der Waals surface area contributed by atoms with Gasteiger partial charge >= 0.3 is 6.03 Å². The van der Waals surface area contributed by atoms with E-state index in [1.165, 1.54) is 4.90 Å². The Morgan fingerprint density at radius 3 is 2.39 bits per heavy atom. The van der Waals surface area contributed by atoms with E-state index in [2.05, 4.69) is 5.32 Å². The van der Waals surface area contributed by atoms with Crippen LogP contribution < -0.4 is 10.1 Å². The zero-order valence-corrected chi connectivity index (χ0v) is 15.5. The molecule has 4 rings (SSSR count). The molecule has 140 valence electrons. The number of ether oxygens (including phenoxy) is 1. The molecule has 1 saturated heterocycles. The van der Waals surface area contributed by atoms with Crippen LogP contribution in [-0.2, 0) is 11.3 Å². The SMILES string of the molecule is CCOc1ccc(/C=C2/NC(=O)N(Cc3ccccc3)C2=O)c2ccccc12. The molecule has 0 bridgehead atoms. The fourth-order valence-corrected chi connectivity index (χ4v) is 3.34. The Morgan fingerprint density at radius 1 is 0.929 bits per heavy atom. The van der Waals surface area contributed by atoms with Crippen LogP contribution in [0.15, 0.2) is 72.4 Å². The van der Waals surface area contributed by atoms with Crippen LogP contribution >= 0.6 is 0 Å². The summed E-state index contributed by atoms with van der Waals surface area (Å²) in [6.07, 6.45) is 1.73. The van der Waals surface area contributed by atoms with E-state index in [0.717, 1.165) is 27.6 Å². The van der Waals surface area contributed by atoms with Crippen LogP contribution in [0.3, 0.4) is 0 Å². The lowest BCUT2D eigenvalue weighted by atomic mass is 10.0. The molecule has 5 heteroatoms. The van der Waals surface area contributed by atoms with Gasteiger partial charge in [-0.2, -0.15) is 0 Å². The van der Waals surface area contributed by atoms with E-state index in [4.69, 9.17) is 4.74 Å². The van der Waals surface area contributed by atoms with Crippen molar-refractivity contribution in [2.45, 2.75) is 13.5 Å². The summed E-state index contributed by atoms with van der Waals surface area (Å²) in [6, 6.07) is 20.7. The first-order chi connectivity index (χ1) is 13.7. The van der Waals surface area contributed by atoms with Gasteiger partial charge in [0.05, 0.1) is 13.2 Å². The summed E-state index contributed by atoms with van der Waals surface area (Å²) < 4.78 is 5.70. The number of urea groups is 1. The Balaban J connectivity index is 1.67. The Morgan fingerprint density at radius 2 is 1.64 bits per heavy atom. The van der Waals surface area contributed by atoms with E-state index in [9.17, 15) is 9.59 Å². The molecule has 1 N–H and O–H groups in total. The fourth-order valence-electron chi connectivity index (χ4n) is 3.34. The normalized spacial score (nSPS) is 15.3. The van der Waals surface area contributed by atoms with Crippen LogP contribution in [0.1, 0.15) is 18.1 Å². The van der Waals surface area contributed by atoms with Gasteiger partial charge in [-0.15, -0.1) is 0 Å². The van der Waals surface area contributed by atoms with Crippen LogP contribution in [0, 0.1) is 0 Å². The molecule has 1 aliphatic rings. The Hall–Kier alpha value is -3.60. The molecule has 28 heavy (non-hydrogen) atoms. The van der Waals surface area contributed by atoms with Gasteiger partial charge in [0, 0.05) is 5.39 Å². The summed E-state index contributed by atoms with van der Waals surface area (Å²) in [6.45, 7) is 2.76. The number of rotatable bonds is 5. The second kappa shape index (κ2) is 7.56. The molecule has 0 unspecified atom stereocenters. The summed E-state index contributed by atoms with van der Waals surface area (Å²) in [5.41, 5.74) is 2.03. The molecule has 3 amide bonds. The van der Waals surface area contributed by atoms with Crippen molar-refractivity contribution in [3.8, 4) is 5.75 Å². The van der Waals surface area contributed by atoms with Crippen molar-refractivity contribution in [3.05, 3.63) is 83.6 Å². The van der Waals surface area contributed by atoms with E-state index < -0.39 is 6.03 Å². The number of benzene rings is 3. The van der Waals surface area contributed by atoms with Crippen LogP contribution in [0.5, 0.6) is 5.75 Å². The topological polar surface area (TPSA) is 58.6 Å². The fraction of sp³-hybridized carbons (Fsp3) is 0.130. The van der Waals surface area contributed by atoms with Gasteiger partial charge < -0.3 is 10.1 Å². The lowest BCUT2D eigenvalue weighted by molar-refractivity contribution is -0.123. The molecule has 0 saturated carbocycles. The quantitative estimate of drug-likeness (QED) is 0.536. The number of nitrogens with zero attached hydrogens (tertiary/aromatic N) is 1. The molecule has 1 aliphatic heterocycles. The summed E-state index contributed by atoms with van der Waals surface area (Å²) in [5.74, 6) is 0.472. The van der Waals surface area contributed by atoms with Crippen LogP contribution in [-0.4, -0.2) is 23.4 Å². The van der Waals surface area contributed by atoms with E-state index in [-0.39, 0.29) is 18.1 Å². The van der Waals surface area contributed by atoms with Gasteiger partial charge in [-0.25, -0.2) is 4.79 Å². The predicted molar refractivity (Wildman–Crippen MR) is 109 cm³/mol. The van der Waals surface area contributed by atoms with Gasteiger partial charge in [0.1, 0.15) is 11.4 Å². The van der Waals surface area contributed by atoms with Crippen molar-refractivity contribution in [3.63, 3.8) is 0 Å². The maximum absolute atomic E-state index is 12.8. The smallest absolute Gasteiger partial charge is 0.329 e. The molecule has 3 aromatic rings. The second-order valence-electron chi connectivity index (χ2n) is 6.50. The highest BCUT2D eigenvalue weighted by atomic mass is 16.5. The minimum absolute atomic E-state index is 0.243. The van der Waals surface area contributed by atoms with E-state index in [1.807, 2.05) is 73.7 Å². The number of amides is 3. The monoisotopic (exact) mass is 372 g/mol. The lowest BCUT2D eigenvalue weighted by Gasteiger charge is -2.11. The van der Waals surface area contributed by atoms with Crippen LogP contribution in [0.2, 0.25) is 0 Å². The van der Waals surface area contributed by atoms with Crippen LogP contribution in [0.4, 0.5) is 4.79 Å². The van der Waals surface area contributed by atoms with E-state index in [0.29, 0.717) is 6.61 Å². The number of hydrogen-bond donors (Lipinski definition) is 1. The molecule has 0 aromatic heterocycles. The average molecular weight is 372 g/mol. The van der Waals surface area contributed by atoms with Gasteiger partial charge in [0.2, 0.25) is 0 Å². The summed E-state index contributed by atoms with van der Waals surface area (Å²) in [5, 5.41) is 4.63. The molecule has 5 nitrogen and oxygen atoms in total. The highest BCUT2D eigenvalue weighted by Crippen LogP contribution is 2.30. The summed E-state index contributed by atoms with van der Waals surface area (Å²) in [7, 11) is 0. The zero-order valence-electron chi connectivity index (χ0n) is 15.5. The van der Waals surface area contributed by atoms with Gasteiger partial charge in [-0.1, -0.05) is 60.7 Å². The predicted octanol–water partition coefficient (Wildman–Crippen LogP) is 4.33. The summed E-state index contributed by atoms with van der Waals surface area (Å²) >= 11 is 0. The summed E-state index contributed by atoms with van der Waals surface area (Å²) in [4.78, 5) is 26.3. The van der Waals surface area contributed by atoms with Gasteiger partial charge in [-0.3, -0.25) is 9.69 Å². The maximum Gasteiger partial charge on any atom is 0.329 e. The first kappa shape index (κ1) is 17.8. The van der Waals surface area contributed by atoms with Crippen molar-refractivity contribution in [2.24, 2.45) is 0 Å². The third-order valence-corrected chi connectivity index (χ3v) is 4.66. The number of imide groups is 1. The van der Waals surface area contributed by atoms with Gasteiger partial charge in [0.25, 0.3) is 5.91 Å². The largest absolute Gasteiger partial charge is 0.493 e. The van der Waals surface area contributed by atoms with Gasteiger partial charge in [-0.05, 0) is 35.6 Å². The number of carbonyl (C=O) groups is 2. The first-order valence-corrected chi connectivity index (χ1v) is 9.20. The number of hydrogen-bond acceptors (Lipinski definition) is 3. The molecule has 1 heterocycles. The number of nitrogens with one attached hydrogen (secondary N) is 1. The molecular formula is C23H20N2O3. The molecule has 0 atom stereocenters. The van der Waals surface area contributed by atoms with Crippen molar-refractivity contribution < 1.29 is 14.3 Å². The highest BCUT2D eigenvalue weighted by molar-refractivity contribution is 6.14.